The van der Waals surface area contributed by atoms with Crippen LogP contribution in [0.5, 0.6) is 0 Å². The zero-order valence-corrected chi connectivity index (χ0v) is 25.5. The van der Waals surface area contributed by atoms with Gasteiger partial charge in [-0.05, 0) is 79.1 Å². The fraction of sp³-hybridized carbons (Fsp3) is 1.00. The summed E-state index contributed by atoms with van der Waals surface area (Å²) >= 11 is 0. The van der Waals surface area contributed by atoms with Crippen molar-refractivity contribution in [2.75, 3.05) is 0 Å². The molecule has 0 fully saturated rings. The second-order valence-electron chi connectivity index (χ2n) is 9.05. The molecule has 0 bridgehead atoms. The molecule has 36 heavy (non-hydrogen) atoms. The van der Waals surface area contributed by atoms with E-state index in [1.807, 2.05) is 0 Å². The lowest BCUT2D eigenvalue weighted by atomic mass is 10.1. The SMILES string of the molecule is CC(CCC(CCC(C)S(=O)(=O)O)SSC(CCC(C)S(=O)(=O)O)CCC(C)S(=O)(=O)O)S(=O)(=O)O. The van der Waals surface area contributed by atoms with Crippen molar-refractivity contribution in [1.29, 1.82) is 0 Å². The Morgan fingerprint density at radius 2 is 0.583 bits per heavy atom. The molecule has 0 aliphatic rings. The van der Waals surface area contributed by atoms with Crippen LogP contribution in [0, 0.1) is 0 Å². The maximum absolute atomic E-state index is 11.4. The second-order valence-corrected chi connectivity index (χ2v) is 19.3. The van der Waals surface area contributed by atoms with Gasteiger partial charge in [0.1, 0.15) is 0 Å². The molecule has 0 amide bonds. The highest BCUT2D eigenvalue weighted by molar-refractivity contribution is 8.77. The Kier molecular flexibility index (Phi) is 15.4. The molecule has 0 aromatic heterocycles. The van der Waals surface area contributed by atoms with E-state index < -0.39 is 61.5 Å². The molecular weight excluding hydrogens is 601 g/mol. The first-order valence-electron chi connectivity index (χ1n) is 11.2. The van der Waals surface area contributed by atoms with Crippen molar-refractivity contribution < 1.29 is 51.9 Å². The molecule has 4 atom stereocenters. The van der Waals surface area contributed by atoms with Gasteiger partial charge in [0.05, 0.1) is 21.0 Å². The van der Waals surface area contributed by atoms with Gasteiger partial charge in [-0.25, -0.2) is 0 Å². The highest BCUT2D eigenvalue weighted by atomic mass is 33.1. The van der Waals surface area contributed by atoms with E-state index in [2.05, 4.69) is 0 Å². The first kappa shape index (κ1) is 36.3. The molecule has 0 rings (SSSR count). The normalized spacial score (nSPS) is 18.8. The van der Waals surface area contributed by atoms with Gasteiger partial charge >= 0.3 is 0 Å². The summed E-state index contributed by atoms with van der Waals surface area (Å²) in [4.78, 5) is 0. The van der Waals surface area contributed by atoms with Gasteiger partial charge < -0.3 is 0 Å². The molecular formula is C18H38O12S6. The van der Waals surface area contributed by atoms with Gasteiger partial charge in [0.2, 0.25) is 0 Å². The van der Waals surface area contributed by atoms with Crippen LogP contribution in [-0.2, 0) is 40.5 Å². The van der Waals surface area contributed by atoms with Gasteiger partial charge in [-0.3, -0.25) is 18.2 Å². The summed E-state index contributed by atoms with van der Waals surface area (Å²) in [7, 11) is -14.5. The number of hydrogen-bond acceptors (Lipinski definition) is 10. The van der Waals surface area contributed by atoms with Gasteiger partial charge in [-0.15, -0.1) is 0 Å². The van der Waals surface area contributed by atoms with Crippen LogP contribution in [0.2, 0.25) is 0 Å². The topological polar surface area (TPSA) is 217 Å². The first-order chi connectivity index (χ1) is 16.0. The average Bonchev–Trinajstić information content (AvgIpc) is 2.70. The molecule has 0 spiro atoms. The second kappa shape index (κ2) is 15.2. The van der Waals surface area contributed by atoms with Crippen LogP contribution in [-0.4, -0.2) is 83.4 Å². The highest BCUT2D eigenvalue weighted by Gasteiger charge is 2.26. The minimum Gasteiger partial charge on any atom is -0.285 e. The summed E-state index contributed by atoms with van der Waals surface area (Å²) < 4.78 is 128. The fourth-order valence-corrected chi connectivity index (χ4v) is 7.99. The summed E-state index contributed by atoms with van der Waals surface area (Å²) in [5.74, 6) is 0. The molecule has 0 radical (unpaired) electrons. The molecule has 0 aliphatic carbocycles. The van der Waals surface area contributed by atoms with Gasteiger partial charge in [0, 0.05) is 10.5 Å². The van der Waals surface area contributed by atoms with E-state index in [9.17, 15) is 51.9 Å². The lowest BCUT2D eigenvalue weighted by Crippen LogP contribution is -2.22. The van der Waals surface area contributed by atoms with Crippen LogP contribution in [0.25, 0.3) is 0 Å². The third-order valence-corrected chi connectivity index (χ3v) is 14.5. The van der Waals surface area contributed by atoms with Crippen molar-refractivity contribution in [3.8, 4) is 0 Å². The zero-order chi connectivity index (χ0) is 28.5. The van der Waals surface area contributed by atoms with Crippen LogP contribution < -0.4 is 0 Å². The molecule has 218 valence electrons. The summed E-state index contributed by atoms with van der Waals surface area (Å²) in [6.45, 7) is 5.34. The Labute approximate surface area is 223 Å². The Bertz CT molecular complexity index is 913. The van der Waals surface area contributed by atoms with E-state index in [1.165, 1.54) is 49.3 Å². The van der Waals surface area contributed by atoms with E-state index in [-0.39, 0.29) is 61.9 Å². The zero-order valence-electron chi connectivity index (χ0n) is 20.6. The number of rotatable bonds is 19. The van der Waals surface area contributed by atoms with Crippen molar-refractivity contribution in [3.05, 3.63) is 0 Å². The summed E-state index contributed by atoms with van der Waals surface area (Å²) in [5.41, 5.74) is 0. The molecule has 18 heteroatoms. The third-order valence-electron chi connectivity index (χ3n) is 5.94. The van der Waals surface area contributed by atoms with Crippen LogP contribution in [0.3, 0.4) is 0 Å². The molecule has 0 aromatic carbocycles. The van der Waals surface area contributed by atoms with E-state index in [4.69, 9.17) is 0 Å². The summed E-state index contributed by atoms with van der Waals surface area (Å²) in [6, 6.07) is 0. The molecule has 12 nitrogen and oxygen atoms in total. The van der Waals surface area contributed by atoms with Crippen LogP contribution in [0.15, 0.2) is 0 Å². The maximum atomic E-state index is 11.4. The lowest BCUT2D eigenvalue weighted by molar-refractivity contribution is 0.455. The molecule has 0 saturated carbocycles. The molecule has 0 saturated heterocycles. The Morgan fingerprint density at radius 3 is 0.722 bits per heavy atom. The highest BCUT2D eigenvalue weighted by Crippen LogP contribution is 2.40. The Hall–Kier alpha value is 0.340. The van der Waals surface area contributed by atoms with Crippen LogP contribution in [0.1, 0.15) is 79.1 Å². The summed E-state index contributed by atoms with van der Waals surface area (Å²) in [6.07, 6.45) is 1.48. The Balaban J connectivity index is 5.47. The Morgan fingerprint density at radius 1 is 0.417 bits per heavy atom. The van der Waals surface area contributed by atoms with E-state index in [0.717, 1.165) is 0 Å². The van der Waals surface area contributed by atoms with E-state index >= 15 is 0 Å². The smallest absolute Gasteiger partial charge is 0.267 e. The molecule has 0 aliphatic heterocycles. The van der Waals surface area contributed by atoms with Gasteiger partial charge in [0.25, 0.3) is 40.5 Å². The molecule has 4 N–H and O–H groups in total. The minimum absolute atomic E-state index is 0.0849. The van der Waals surface area contributed by atoms with Gasteiger partial charge in [-0.2, -0.15) is 33.7 Å². The fourth-order valence-electron chi connectivity index (χ4n) is 2.92. The minimum atomic E-state index is -4.26. The van der Waals surface area contributed by atoms with E-state index in [0.29, 0.717) is 0 Å². The maximum Gasteiger partial charge on any atom is 0.267 e. The van der Waals surface area contributed by atoms with Crippen LogP contribution >= 0.6 is 21.6 Å². The quantitative estimate of drug-likeness (QED) is 0.118. The average molecular weight is 639 g/mol. The number of hydrogen-bond donors (Lipinski definition) is 4. The van der Waals surface area contributed by atoms with Crippen molar-refractivity contribution in [2.45, 2.75) is 111 Å². The summed E-state index contributed by atoms with van der Waals surface area (Å²) in [5, 5.41) is -4.80. The monoisotopic (exact) mass is 638 g/mol. The van der Waals surface area contributed by atoms with Crippen molar-refractivity contribution in [3.63, 3.8) is 0 Å². The lowest BCUT2D eigenvalue weighted by Gasteiger charge is -2.23. The molecule has 4 unspecified atom stereocenters. The van der Waals surface area contributed by atoms with Crippen molar-refractivity contribution in [2.24, 2.45) is 0 Å². The van der Waals surface area contributed by atoms with E-state index in [1.54, 1.807) is 0 Å². The molecule has 0 aromatic rings. The standard InChI is InChI=1S/C18H38O12S6/c1-13(33(19,20)21)5-9-17(10-6-14(2)34(22,23)24)31-32-18(11-7-15(3)35(25,26)27)12-8-16(4)36(28,29)30/h13-18H,5-12H2,1-4H3,(H,19,20,21)(H,22,23,24)(H,25,26,27)(H,28,29,30). The molecule has 0 heterocycles. The van der Waals surface area contributed by atoms with Gasteiger partial charge in [0.15, 0.2) is 0 Å². The van der Waals surface area contributed by atoms with Gasteiger partial charge in [-0.1, -0.05) is 21.6 Å². The first-order valence-corrected chi connectivity index (χ1v) is 19.5. The third kappa shape index (κ3) is 15.7. The van der Waals surface area contributed by atoms with Crippen molar-refractivity contribution in [1.82, 2.24) is 0 Å². The largest absolute Gasteiger partial charge is 0.285 e. The predicted octanol–water partition coefficient (Wildman–Crippen LogP) is 3.33. The predicted molar refractivity (Wildman–Crippen MR) is 144 cm³/mol. The van der Waals surface area contributed by atoms with Crippen molar-refractivity contribution >= 4 is 62.1 Å². The van der Waals surface area contributed by atoms with Crippen LogP contribution in [0.4, 0.5) is 0 Å².